The van der Waals surface area contributed by atoms with Gasteiger partial charge in [-0.05, 0) is 50.5 Å². The number of aryl methyl sites for hydroxylation is 1. The molecule has 1 aromatic heterocycles. The summed E-state index contributed by atoms with van der Waals surface area (Å²) < 4.78 is 5.10. The van der Waals surface area contributed by atoms with Crippen LogP contribution in [0.5, 0.6) is 5.75 Å². The topological polar surface area (TPSA) is 124 Å². The number of hydrogen-bond donors (Lipinski definition) is 3. The van der Waals surface area contributed by atoms with Crippen molar-refractivity contribution < 1.29 is 14.3 Å². The number of carbonyl (C=O) groups excluding carboxylic acids is 2. The summed E-state index contributed by atoms with van der Waals surface area (Å²) in [6.07, 6.45) is 1.61. The van der Waals surface area contributed by atoms with Gasteiger partial charge in [-0.3, -0.25) is 19.4 Å². The van der Waals surface area contributed by atoms with Crippen molar-refractivity contribution in [1.29, 1.82) is 0 Å². The molecule has 1 aliphatic rings. The number of amides is 2. The minimum Gasteiger partial charge on any atom is -0.497 e. The lowest BCUT2D eigenvalue weighted by molar-refractivity contribution is -0.136. The van der Waals surface area contributed by atoms with E-state index in [1.54, 1.807) is 43.2 Å². The van der Waals surface area contributed by atoms with Gasteiger partial charge in [0.2, 0.25) is 11.8 Å². The highest BCUT2D eigenvalue weighted by molar-refractivity contribution is 5.97. The minimum absolute atomic E-state index is 0.0856. The Bertz CT molecular complexity index is 1010. The van der Waals surface area contributed by atoms with Crippen molar-refractivity contribution in [2.45, 2.75) is 38.6 Å². The van der Waals surface area contributed by atoms with E-state index in [-0.39, 0.29) is 24.7 Å². The number of nitrogens with zero attached hydrogens (tertiary/aromatic N) is 1. The predicted octanol–water partition coefficient (Wildman–Crippen LogP) is 0.943. The number of aromatic nitrogens is 2. The van der Waals surface area contributed by atoms with Crippen LogP contribution in [0.25, 0.3) is 0 Å². The number of hydrogen-bond acceptors (Lipinski definition) is 5. The van der Waals surface area contributed by atoms with Crippen molar-refractivity contribution in [3.05, 3.63) is 56.4 Å². The predicted molar refractivity (Wildman–Crippen MR) is 107 cm³/mol. The lowest BCUT2D eigenvalue weighted by Crippen LogP contribution is -2.43. The SMILES string of the molecule is COc1ccc(NC(=O)C2CCCN2C(=O)CCc2c(C)[nH]c(=O)[nH]c2=O)cc1. The lowest BCUT2D eigenvalue weighted by Gasteiger charge is -2.24. The molecular formula is C20H24N4O5. The Balaban J connectivity index is 1.63. The lowest BCUT2D eigenvalue weighted by atomic mass is 10.1. The molecule has 3 rings (SSSR count). The highest BCUT2D eigenvalue weighted by Crippen LogP contribution is 2.22. The summed E-state index contributed by atoms with van der Waals surface area (Å²) in [5.74, 6) is 0.259. The molecule has 1 fully saturated rings. The first-order valence-corrected chi connectivity index (χ1v) is 9.45. The van der Waals surface area contributed by atoms with Crippen LogP contribution in [0.2, 0.25) is 0 Å². The average Bonchev–Trinajstić information content (AvgIpc) is 3.17. The van der Waals surface area contributed by atoms with E-state index in [0.717, 1.165) is 6.42 Å². The summed E-state index contributed by atoms with van der Waals surface area (Å²) >= 11 is 0. The van der Waals surface area contributed by atoms with Crippen LogP contribution in [0.4, 0.5) is 5.69 Å². The number of carbonyl (C=O) groups is 2. The normalized spacial score (nSPS) is 15.9. The van der Waals surface area contributed by atoms with Crippen LogP contribution in [0.3, 0.4) is 0 Å². The van der Waals surface area contributed by atoms with E-state index in [1.807, 2.05) is 0 Å². The van der Waals surface area contributed by atoms with Crippen LogP contribution in [-0.2, 0) is 16.0 Å². The zero-order valence-corrected chi connectivity index (χ0v) is 16.4. The largest absolute Gasteiger partial charge is 0.497 e. The third-order valence-corrected chi connectivity index (χ3v) is 5.08. The van der Waals surface area contributed by atoms with Crippen LogP contribution in [0.15, 0.2) is 33.9 Å². The standard InChI is InChI=1S/C20H24N4O5/c1-12-15(18(26)23-20(28)21-12)9-10-17(25)24-11-3-4-16(24)19(27)22-13-5-7-14(29-2)8-6-13/h5-8,16H,3-4,9-11H2,1-2H3,(H,22,27)(H2,21,23,26,28). The molecule has 9 heteroatoms. The number of H-pyrrole nitrogens is 2. The highest BCUT2D eigenvalue weighted by Gasteiger charge is 2.33. The number of ether oxygens (including phenoxy) is 1. The van der Waals surface area contributed by atoms with E-state index >= 15 is 0 Å². The molecule has 1 unspecified atom stereocenters. The Morgan fingerprint density at radius 3 is 2.59 bits per heavy atom. The molecule has 1 aliphatic heterocycles. The first kappa shape index (κ1) is 20.4. The minimum atomic E-state index is -0.572. The first-order chi connectivity index (χ1) is 13.9. The summed E-state index contributed by atoms with van der Waals surface area (Å²) in [5.41, 5.74) is 0.385. The van der Waals surface area contributed by atoms with Gasteiger partial charge in [-0.1, -0.05) is 0 Å². The second-order valence-corrected chi connectivity index (χ2v) is 6.97. The molecule has 2 amide bonds. The van der Waals surface area contributed by atoms with Gasteiger partial charge in [-0.25, -0.2) is 4.79 Å². The van der Waals surface area contributed by atoms with E-state index < -0.39 is 17.3 Å². The fourth-order valence-electron chi connectivity index (χ4n) is 3.54. The fraction of sp³-hybridized carbons (Fsp3) is 0.400. The second-order valence-electron chi connectivity index (χ2n) is 6.97. The molecule has 1 saturated heterocycles. The Hall–Kier alpha value is -3.36. The van der Waals surface area contributed by atoms with Crippen molar-refractivity contribution in [2.24, 2.45) is 0 Å². The maximum absolute atomic E-state index is 12.7. The highest BCUT2D eigenvalue weighted by atomic mass is 16.5. The van der Waals surface area contributed by atoms with Gasteiger partial charge >= 0.3 is 5.69 Å². The number of anilines is 1. The zero-order valence-electron chi connectivity index (χ0n) is 16.4. The van der Waals surface area contributed by atoms with Crippen LogP contribution in [0.1, 0.15) is 30.5 Å². The van der Waals surface area contributed by atoms with Gasteiger partial charge in [0.25, 0.3) is 5.56 Å². The van der Waals surface area contributed by atoms with Crippen molar-refractivity contribution >= 4 is 17.5 Å². The Morgan fingerprint density at radius 2 is 1.93 bits per heavy atom. The summed E-state index contributed by atoms with van der Waals surface area (Å²) in [6, 6.07) is 6.43. The number of likely N-dealkylation sites (tertiary alicyclic amines) is 1. The molecule has 3 N–H and O–H groups in total. The molecule has 29 heavy (non-hydrogen) atoms. The van der Waals surface area contributed by atoms with Gasteiger partial charge in [0.1, 0.15) is 11.8 Å². The third kappa shape index (κ3) is 4.74. The summed E-state index contributed by atoms with van der Waals surface area (Å²) in [7, 11) is 1.57. The van der Waals surface area contributed by atoms with Gasteiger partial charge in [0.15, 0.2) is 0 Å². The van der Waals surface area contributed by atoms with Gasteiger partial charge < -0.3 is 19.9 Å². The number of aromatic amines is 2. The Labute approximate surface area is 167 Å². The molecule has 0 saturated carbocycles. The van der Waals surface area contributed by atoms with E-state index in [1.165, 1.54) is 0 Å². The molecule has 0 bridgehead atoms. The van der Waals surface area contributed by atoms with E-state index in [2.05, 4.69) is 15.3 Å². The number of rotatable bonds is 6. The molecule has 0 spiro atoms. The van der Waals surface area contributed by atoms with Crippen LogP contribution >= 0.6 is 0 Å². The smallest absolute Gasteiger partial charge is 0.325 e. The van der Waals surface area contributed by atoms with Crippen LogP contribution in [-0.4, -0.2) is 46.4 Å². The fourth-order valence-corrected chi connectivity index (χ4v) is 3.54. The van der Waals surface area contributed by atoms with Gasteiger partial charge in [-0.15, -0.1) is 0 Å². The molecule has 1 aromatic carbocycles. The number of nitrogens with one attached hydrogen (secondary N) is 3. The summed E-state index contributed by atoms with van der Waals surface area (Å²) in [6.45, 7) is 2.12. The van der Waals surface area contributed by atoms with Crippen LogP contribution in [0, 0.1) is 6.92 Å². The quantitative estimate of drug-likeness (QED) is 0.666. The molecule has 2 aromatic rings. The molecular weight excluding hydrogens is 376 g/mol. The van der Waals surface area contributed by atoms with Crippen molar-refractivity contribution in [1.82, 2.24) is 14.9 Å². The third-order valence-electron chi connectivity index (χ3n) is 5.08. The molecule has 0 aliphatic carbocycles. The van der Waals surface area contributed by atoms with Gasteiger partial charge in [0.05, 0.1) is 7.11 Å². The zero-order chi connectivity index (χ0) is 21.0. The molecule has 1 atom stereocenters. The Morgan fingerprint density at radius 1 is 1.21 bits per heavy atom. The number of benzene rings is 1. The average molecular weight is 400 g/mol. The van der Waals surface area contributed by atoms with Gasteiger partial charge in [0, 0.05) is 29.9 Å². The van der Waals surface area contributed by atoms with Crippen molar-refractivity contribution in [2.75, 3.05) is 19.0 Å². The Kier molecular flexibility index (Phi) is 6.16. The molecule has 0 radical (unpaired) electrons. The maximum atomic E-state index is 12.7. The van der Waals surface area contributed by atoms with Crippen molar-refractivity contribution in [3.63, 3.8) is 0 Å². The van der Waals surface area contributed by atoms with E-state index in [4.69, 9.17) is 4.74 Å². The van der Waals surface area contributed by atoms with E-state index in [9.17, 15) is 19.2 Å². The monoisotopic (exact) mass is 400 g/mol. The van der Waals surface area contributed by atoms with Crippen LogP contribution < -0.4 is 21.3 Å². The van der Waals surface area contributed by atoms with Gasteiger partial charge in [-0.2, -0.15) is 0 Å². The summed E-state index contributed by atoms with van der Waals surface area (Å²) in [5, 5.41) is 2.84. The first-order valence-electron chi connectivity index (χ1n) is 9.45. The van der Waals surface area contributed by atoms with Crippen molar-refractivity contribution in [3.8, 4) is 5.75 Å². The maximum Gasteiger partial charge on any atom is 0.325 e. The molecule has 9 nitrogen and oxygen atoms in total. The van der Waals surface area contributed by atoms with E-state index in [0.29, 0.717) is 35.7 Å². The molecule has 2 heterocycles. The second kappa shape index (κ2) is 8.76. The molecule has 154 valence electrons. The summed E-state index contributed by atoms with van der Waals surface area (Å²) in [4.78, 5) is 54.9. The number of methoxy groups -OCH3 is 1.